The van der Waals surface area contributed by atoms with E-state index in [0.717, 1.165) is 51.4 Å². The van der Waals surface area contributed by atoms with Crippen molar-refractivity contribution in [3.05, 3.63) is 35.9 Å². The Hall–Kier alpha value is -2.45. The minimum atomic E-state index is -0.542. The molecule has 0 aromatic heterocycles. The molecule has 35 heavy (non-hydrogen) atoms. The molecule has 1 saturated heterocycles. The Morgan fingerprint density at radius 2 is 1.60 bits per heavy atom. The second-order valence-corrected chi connectivity index (χ2v) is 9.94. The van der Waals surface area contributed by atoms with E-state index < -0.39 is 11.7 Å². The zero-order chi connectivity index (χ0) is 27.3. The number of carbonyl (C=O) groups is 3. The summed E-state index contributed by atoms with van der Waals surface area (Å²) in [6, 6.07) is 10.4. The number of likely N-dealkylation sites (N-methyl/N-ethyl adjacent to an activating group) is 1. The maximum Gasteiger partial charge on any atom is 0.408 e. The third-order valence-electron chi connectivity index (χ3n) is 4.35. The average molecular weight is 496 g/mol. The summed E-state index contributed by atoms with van der Waals surface area (Å²) in [4.78, 5) is 34.7. The van der Waals surface area contributed by atoms with E-state index in [2.05, 4.69) is 55.3 Å². The summed E-state index contributed by atoms with van der Waals surface area (Å²) in [5, 5.41) is 11.2. The van der Waals surface area contributed by atoms with Gasteiger partial charge in [0.1, 0.15) is 18.9 Å². The van der Waals surface area contributed by atoms with Gasteiger partial charge in [0.25, 0.3) is 0 Å². The molecule has 2 N–H and O–H groups in total. The number of hydrogen-bond acceptors (Lipinski definition) is 6. The molecule has 0 atom stereocenters. The molecule has 1 aromatic rings. The summed E-state index contributed by atoms with van der Waals surface area (Å²) >= 11 is 0. The molecular formula is C27H49N3O5. The van der Waals surface area contributed by atoms with Crippen molar-refractivity contribution in [2.24, 2.45) is 5.92 Å². The minimum absolute atomic E-state index is 0.0227. The Balaban J connectivity index is 0. The van der Waals surface area contributed by atoms with E-state index in [1.54, 1.807) is 25.7 Å². The Morgan fingerprint density at radius 3 is 2.06 bits per heavy atom. The zero-order valence-electron chi connectivity index (χ0n) is 23.0. The monoisotopic (exact) mass is 495 g/mol. The van der Waals surface area contributed by atoms with E-state index in [-0.39, 0.29) is 19.1 Å². The lowest BCUT2D eigenvalue weighted by Crippen LogP contribution is -2.40. The number of ether oxygens (including phenoxy) is 1. The molecule has 0 bridgehead atoms. The van der Waals surface area contributed by atoms with Gasteiger partial charge in [0, 0.05) is 26.2 Å². The van der Waals surface area contributed by atoms with E-state index in [1.165, 1.54) is 5.56 Å². The van der Waals surface area contributed by atoms with Crippen LogP contribution < -0.4 is 5.32 Å². The van der Waals surface area contributed by atoms with Gasteiger partial charge in [0.2, 0.25) is 5.91 Å². The van der Waals surface area contributed by atoms with E-state index in [4.69, 9.17) is 14.6 Å². The molecule has 0 saturated carbocycles. The third kappa shape index (κ3) is 23.1. The van der Waals surface area contributed by atoms with Crippen molar-refractivity contribution in [1.82, 2.24) is 15.1 Å². The van der Waals surface area contributed by atoms with Crippen molar-refractivity contribution in [1.29, 1.82) is 0 Å². The minimum Gasteiger partial charge on any atom is -0.444 e. The fourth-order valence-corrected chi connectivity index (χ4v) is 2.79. The Kier molecular flexibility index (Phi) is 20.7. The van der Waals surface area contributed by atoms with Crippen LogP contribution in [-0.2, 0) is 20.7 Å². The molecule has 0 aliphatic carbocycles. The third-order valence-corrected chi connectivity index (χ3v) is 4.35. The Bertz CT molecular complexity index is 654. The van der Waals surface area contributed by atoms with Gasteiger partial charge in [-0.15, -0.1) is 0 Å². The lowest BCUT2D eigenvalue weighted by molar-refractivity contribution is -0.129. The summed E-state index contributed by atoms with van der Waals surface area (Å²) in [7, 11) is 2.03. The standard InChI is InChI=1S/C11H20N2O3.C11H17NO.C4H10.CH2O/c1-11(2,3)16-10(15)12-8-9(14)13-6-4-5-7-13;1-12(9-10-13)8-7-11-5-3-2-4-6-11;1-4(2)3;1-2/h4-8H2,1-3H3,(H,12,15);2-6,13H,7-10H2,1H3;4H,1-3H3;1H2. The van der Waals surface area contributed by atoms with Crippen LogP contribution in [0.4, 0.5) is 4.79 Å². The second-order valence-electron chi connectivity index (χ2n) is 9.94. The summed E-state index contributed by atoms with van der Waals surface area (Å²) in [6.45, 7) is 17.5. The number of nitrogens with zero attached hydrogens (tertiary/aromatic N) is 2. The molecule has 1 aliphatic heterocycles. The van der Waals surface area contributed by atoms with E-state index in [1.807, 2.05) is 19.9 Å². The first-order valence-electron chi connectivity index (χ1n) is 12.3. The first-order valence-corrected chi connectivity index (χ1v) is 12.3. The van der Waals surface area contributed by atoms with Crippen molar-refractivity contribution >= 4 is 18.8 Å². The SMILES string of the molecule is C=O.CC(C)(C)OC(=O)NCC(=O)N1CCCC1.CC(C)C.CN(CCO)CCc1ccccc1. The lowest BCUT2D eigenvalue weighted by Gasteiger charge is -2.20. The number of hydrogen-bond donors (Lipinski definition) is 2. The Morgan fingerprint density at radius 1 is 1.09 bits per heavy atom. The van der Waals surface area contributed by atoms with Gasteiger partial charge in [-0.05, 0) is 58.6 Å². The highest BCUT2D eigenvalue weighted by Crippen LogP contribution is 2.08. The van der Waals surface area contributed by atoms with Crippen LogP contribution >= 0.6 is 0 Å². The van der Waals surface area contributed by atoms with Gasteiger partial charge in [0.15, 0.2) is 0 Å². The molecule has 0 spiro atoms. The second kappa shape index (κ2) is 20.9. The molecule has 2 rings (SSSR count). The number of amides is 2. The largest absolute Gasteiger partial charge is 0.444 e. The molecule has 1 aromatic carbocycles. The molecule has 1 aliphatic rings. The maximum atomic E-state index is 11.6. The lowest BCUT2D eigenvalue weighted by atomic mass is 10.1. The maximum absolute atomic E-state index is 11.6. The van der Waals surface area contributed by atoms with Gasteiger partial charge in [-0.25, -0.2) is 4.79 Å². The summed E-state index contributed by atoms with van der Waals surface area (Å²) in [5.74, 6) is 0.795. The number of likely N-dealkylation sites (tertiary alicyclic amines) is 1. The van der Waals surface area contributed by atoms with Crippen LogP contribution in [0.3, 0.4) is 0 Å². The van der Waals surface area contributed by atoms with Crippen molar-refractivity contribution < 1.29 is 24.2 Å². The zero-order valence-corrected chi connectivity index (χ0v) is 23.0. The summed E-state index contributed by atoms with van der Waals surface area (Å²) in [6.07, 6.45) is 2.62. The number of alkyl carbamates (subject to hydrolysis) is 1. The van der Waals surface area contributed by atoms with Crippen LogP contribution in [0.25, 0.3) is 0 Å². The van der Waals surface area contributed by atoms with Gasteiger partial charge in [0.05, 0.1) is 6.61 Å². The predicted octanol–water partition coefficient (Wildman–Crippen LogP) is 3.76. The fraction of sp³-hybridized carbons (Fsp3) is 0.667. The van der Waals surface area contributed by atoms with E-state index >= 15 is 0 Å². The number of nitrogens with one attached hydrogen (secondary N) is 1. The van der Waals surface area contributed by atoms with Crippen molar-refractivity contribution in [3.63, 3.8) is 0 Å². The van der Waals surface area contributed by atoms with E-state index in [0.29, 0.717) is 0 Å². The van der Waals surface area contributed by atoms with Crippen LogP contribution in [-0.4, -0.2) is 85.7 Å². The topological polar surface area (TPSA) is 99.2 Å². The van der Waals surface area contributed by atoms with Crippen molar-refractivity contribution in [2.75, 3.05) is 46.4 Å². The molecule has 2 amide bonds. The van der Waals surface area contributed by atoms with Crippen LogP contribution in [0.15, 0.2) is 30.3 Å². The van der Waals surface area contributed by atoms with Gasteiger partial charge in [-0.3, -0.25) is 4.79 Å². The van der Waals surface area contributed by atoms with Crippen LogP contribution in [0.2, 0.25) is 0 Å². The first kappa shape index (κ1) is 34.7. The van der Waals surface area contributed by atoms with Crippen molar-refractivity contribution in [2.45, 2.75) is 66.4 Å². The van der Waals surface area contributed by atoms with Crippen LogP contribution in [0.5, 0.6) is 0 Å². The van der Waals surface area contributed by atoms with Gasteiger partial charge < -0.3 is 29.8 Å². The number of benzene rings is 1. The predicted molar refractivity (Wildman–Crippen MR) is 142 cm³/mol. The fourth-order valence-electron chi connectivity index (χ4n) is 2.79. The number of rotatable bonds is 7. The smallest absolute Gasteiger partial charge is 0.408 e. The van der Waals surface area contributed by atoms with Crippen LogP contribution in [0, 0.1) is 5.92 Å². The Labute approximate surface area is 213 Å². The summed E-state index contributed by atoms with van der Waals surface area (Å²) in [5.41, 5.74) is 0.827. The summed E-state index contributed by atoms with van der Waals surface area (Å²) < 4.78 is 5.03. The highest BCUT2D eigenvalue weighted by atomic mass is 16.6. The van der Waals surface area contributed by atoms with E-state index in [9.17, 15) is 9.59 Å². The molecule has 202 valence electrons. The molecule has 0 unspecified atom stereocenters. The highest BCUT2D eigenvalue weighted by molar-refractivity contribution is 5.82. The van der Waals surface area contributed by atoms with Gasteiger partial charge >= 0.3 is 6.09 Å². The molecule has 1 fully saturated rings. The number of carbonyl (C=O) groups excluding carboxylic acids is 3. The molecule has 1 heterocycles. The molecule has 8 heteroatoms. The van der Waals surface area contributed by atoms with Gasteiger partial charge in [-0.1, -0.05) is 51.1 Å². The highest BCUT2D eigenvalue weighted by Gasteiger charge is 2.20. The number of aliphatic hydroxyl groups is 1. The molecule has 0 radical (unpaired) electrons. The average Bonchev–Trinajstić information content (AvgIpc) is 3.32. The van der Waals surface area contributed by atoms with Crippen LogP contribution in [0.1, 0.15) is 59.9 Å². The molecule has 8 nitrogen and oxygen atoms in total. The number of aliphatic hydroxyl groups excluding tert-OH is 1. The van der Waals surface area contributed by atoms with Crippen molar-refractivity contribution in [3.8, 4) is 0 Å². The first-order chi connectivity index (χ1) is 16.4. The van der Waals surface area contributed by atoms with Gasteiger partial charge in [-0.2, -0.15) is 0 Å². The normalized spacial score (nSPS) is 12.5. The molecular weight excluding hydrogens is 446 g/mol. The quantitative estimate of drug-likeness (QED) is 0.598.